The maximum atomic E-state index is 5.98. The second-order valence-corrected chi connectivity index (χ2v) is 4.58. The van der Waals surface area contributed by atoms with Crippen molar-refractivity contribution in [1.29, 1.82) is 0 Å². The second-order valence-electron chi connectivity index (χ2n) is 4.22. The monoisotopic (exact) mass is 248 g/mol. The normalized spacial score (nSPS) is 14.9. The van der Waals surface area contributed by atoms with Crippen molar-refractivity contribution < 1.29 is 0 Å². The third-order valence-electron chi connectivity index (χ3n) is 2.91. The number of hydrogen-bond acceptors (Lipinski definition) is 3. The van der Waals surface area contributed by atoms with Gasteiger partial charge in [0.15, 0.2) is 5.15 Å². The Morgan fingerprint density at radius 1 is 1.47 bits per heavy atom. The minimum Gasteiger partial charge on any atom is -0.377 e. The van der Waals surface area contributed by atoms with E-state index in [4.69, 9.17) is 11.6 Å². The van der Waals surface area contributed by atoms with Gasteiger partial charge in [-0.3, -0.25) is 0 Å². The van der Waals surface area contributed by atoms with Crippen molar-refractivity contribution in [2.24, 2.45) is 0 Å². The molecule has 0 unspecified atom stereocenters. The van der Waals surface area contributed by atoms with E-state index >= 15 is 0 Å². The molecule has 0 atom stereocenters. The second kappa shape index (κ2) is 4.37. The Kier molecular flexibility index (Phi) is 2.73. The zero-order valence-electron chi connectivity index (χ0n) is 9.31. The van der Waals surface area contributed by atoms with Crippen molar-refractivity contribution in [3.63, 3.8) is 0 Å². The molecule has 3 rings (SSSR count). The van der Waals surface area contributed by atoms with Gasteiger partial charge in [0.05, 0.1) is 24.3 Å². The molecule has 4 nitrogen and oxygen atoms in total. The quantitative estimate of drug-likeness (QED) is 0.846. The van der Waals surface area contributed by atoms with Gasteiger partial charge in [-0.05, 0) is 25.0 Å². The molecule has 0 bridgehead atoms. The van der Waals surface area contributed by atoms with E-state index in [0.717, 1.165) is 12.2 Å². The van der Waals surface area contributed by atoms with E-state index in [0.29, 0.717) is 11.2 Å². The molecule has 0 aliphatic heterocycles. The Labute approximate surface area is 105 Å². The van der Waals surface area contributed by atoms with Gasteiger partial charge in [-0.25, -0.2) is 9.97 Å². The molecule has 17 heavy (non-hydrogen) atoms. The maximum absolute atomic E-state index is 5.98. The van der Waals surface area contributed by atoms with Crippen molar-refractivity contribution in [1.82, 2.24) is 14.5 Å². The highest BCUT2D eigenvalue weighted by atomic mass is 35.5. The summed E-state index contributed by atoms with van der Waals surface area (Å²) in [7, 11) is 0. The lowest BCUT2D eigenvalue weighted by Crippen LogP contribution is -2.06. The molecule has 0 spiro atoms. The van der Waals surface area contributed by atoms with Crippen LogP contribution < -0.4 is 5.32 Å². The molecule has 0 aromatic carbocycles. The van der Waals surface area contributed by atoms with Crippen molar-refractivity contribution in [2.45, 2.75) is 25.4 Å². The molecule has 1 fully saturated rings. The van der Waals surface area contributed by atoms with Gasteiger partial charge in [0, 0.05) is 18.4 Å². The van der Waals surface area contributed by atoms with Crippen LogP contribution in [0.1, 0.15) is 24.6 Å². The molecule has 1 saturated carbocycles. The number of nitrogens with zero attached hydrogens (tertiary/aromatic N) is 3. The zero-order valence-corrected chi connectivity index (χ0v) is 10.1. The lowest BCUT2D eigenvalue weighted by atomic mass is 10.4. The van der Waals surface area contributed by atoms with Gasteiger partial charge in [-0.15, -0.1) is 0 Å². The minimum atomic E-state index is 0.505. The van der Waals surface area contributed by atoms with E-state index in [-0.39, 0.29) is 0 Å². The number of hydrogen-bond donors (Lipinski definition) is 1. The van der Waals surface area contributed by atoms with Crippen LogP contribution in [0, 0.1) is 0 Å². The average molecular weight is 249 g/mol. The highest BCUT2D eigenvalue weighted by Crippen LogP contribution is 2.35. The summed E-state index contributed by atoms with van der Waals surface area (Å²) in [5.74, 6) is 0. The fourth-order valence-electron chi connectivity index (χ4n) is 1.85. The van der Waals surface area contributed by atoms with Crippen LogP contribution in [-0.2, 0) is 6.54 Å². The Hall–Kier alpha value is -1.55. The number of rotatable bonds is 4. The molecule has 0 radical (unpaired) electrons. The molecule has 2 aromatic heterocycles. The molecule has 1 N–H and O–H groups in total. The van der Waals surface area contributed by atoms with E-state index in [9.17, 15) is 0 Å². The first-order chi connectivity index (χ1) is 8.34. The van der Waals surface area contributed by atoms with Crippen molar-refractivity contribution in [2.75, 3.05) is 5.32 Å². The van der Waals surface area contributed by atoms with Crippen LogP contribution in [-0.4, -0.2) is 14.5 Å². The third-order valence-corrected chi connectivity index (χ3v) is 3.21. The first kappa shape index (κ1) is 10.6. The molecular formula is C12H13ClN4. The van der Waals surface area contributed by atoms with E-state index < -0.39 is 0 Å². The van der Waals surface area contributed by atoms with E-state index in [1.165, 1.54) is 18.5 Å². The third kappa shape index (κ3) is 2.26. The maximum Gasteiger partial charge on any atom is 0.152 e. The molecule has 88 valence electrons. The van der Waals surface area contributed by atoms with Crippen molar-refractivity contribution >= 4 is 17.3 Å². The molecule has 1 aliphatic carbocycles. The predicted molar refractivity (Wildman–Crippen MR) is 67.1 cm³/mol. The largest absolute Gasteiger partial charge is 0.377 e. The number of imidazole rings is 1. The number of anilines is 1. The van der Waals surface area contributed by atoms with E-state index in [1.54, 1.807) is 6.20 Å². The standard InChI is InChI=1S/C12H13ClN4/c13-12-11(2-1-5-15-12)16-7-10-6-14-8-17(10)9-3-4-9/h1-2,5-6,8-9,16H,3-4,7H2. The zero-order chi connectivity index (χ0) is 11.7. The summed E-state index contributed by atoms with van der Waals surface area (Å²) >= 11 is 5.98. The molecule has 0 amide bonds. The van der Waals surface area contributed by atoms with E-state index in [1.807, 2.05) is 24.7 Å². The van der Waals surface area contributed by atoms with Crippen LogP contribution >= 0.6 is 11.6 Å². The van der Waals surface area contributed by atoms with Crippen LogP contribution in [0.3, 0.4) is 0 Å². The molecular weight excluding hydrogens is 236 g/mol. The topological polar surface area (TPSA) is 42.7 Å². The average Bonchev–Trinajstić information content (AvgIpc) is 3.08. The van der Waals surface area contributed by atoms with Gasteiger partial charge >= 0.3 is 0 Å². The Morgan fingerprint density at radius 3 is 3.12 bits per heavy atom. The van der Waals surface area contributed by atoms with E-state index in [2.05, 4.69) is 19.9 Å². The Balaban J connectivity index is 1.71. The molecule has 2 aromatic rings. The molecule has 0 saturated heterocycles. The summed E-state index contributed by atoms with van der Waals surface area (Å²) < 4.78 is 2.23. The number of aromatic nitrogens is 3. The lowest BCUT2D eigenvalue weighted by molar-refractivity contribution is 0.701. The SMILES string of the molecule is Clc1ncccc1NCc1cncn1C1CC1. The smallest absolute Gasteiger partial charge is 0.152 e. The van der Waals surface area contributed by atoms with Gasteiger partial charge in [0.1, 0.15) is 0 Å². The van der Waals surface area contributed by atoms with Gasteiger partial charge in [0.2, 0.25) is 0 Å². The summed E-state index contributed by atoms with van der Waals surface area (Å²) in [5.41, 5.74) is 2.05. The molecule has 5 heteroatoms. The van der Waals surface area contributed by atoms with Crippen molar-refractivity contribution in [3.8, 4) is 0 Å². The van der Waals surface area contributed by atoms with Gasteiger partial charge in [-0.2, -0.15) is 0 Å². The van der Waals surface area contributed by atoms with Crippen LogP contribution in [0.4, 0.5) is 5.69 Å². The predicted octanol–water partition coefficient (Wildman–Crippen LogP) is 2.88. The van der Waals surface area contributed by atoms with Gasteiger partial charge < -0.3 is 9.88 Å². The lowest BCUT2D eigenvalue weighted by Gasteiger charge is -2.09. The Bertz CT molecular complexity index is 519. The summed E-state index contributed by atoms with van der Waals surface area (Å²) in [6.45, 7) is 0.724. The van der Waals surface area contributed by atoms with Gasteiger partial charge in [0.25, 0.3) is 0 Å². The fourth-order valence-corrected chi connectivity index (χ4v) is 2.04. The van der Waals surface area contributed by atoms with Crippen LogP contribution in [0.25, 0.3) is 0 Å². The minimum absolute atomic E-state index is 0.505. The van der Waals surface area contributed by atoms with Crippen LogP contribution in [0.15, 0.2) is 30.9 Å². The van der Waals surface area contributed by atoms with Crippen LogP contribution in [0.5, 0.6) is 0 Å². The summed E-state index contributed by atoms with van der Waals surface area (Å²) in [4.78, 5) is 8.22. The fraction of sp³-hybridized carbons (Fsp3) is 0.333. The van der Waals surface area contributed by atoms with Crippen molar-refractivity contribution in [3.05, 3.63) is 41.7 Å². The van der Waals surface area contributed by atoms with Gasteiger partial charge in [-0.1, -0.05) is 11.6 Å². The summed E-state index contributed by atoms with van der Waals surface area (Å²) in [6, 6.07) is 4.44. The first-order valence-corrected chi connectivity index (χ1v) is 6.07. The molecule has 1 aliphatic rings. The Morgan fingerprint density at radius 2 is 2.35 bits per heavy atom. The first-order valence-electron chi connectivity index (χ1n) is 5.69. The highest BCUT2D eigenvalue weighted by molar-refractivity contribution is 6.31. The number of halogens is 1. The number of pyridine rings is 1. The highest BCUT2D eigenvalue weighted by Gasteiger charge is 2.24. The summed E-state index contributed by atoms with van der Waals surface area (Å²) in [5, 5.41) is 3.79. The number of nitrogens with one attached hydrogen (secondary N) is 1. The van der Waals surface area contributed by atoms with Crippen LogP contribution in [0.2, 0.25) is 5.15 Å². The molecule has 2 heterocycles. The summed E-state index contributed by atoms with van der Waals surface area (Å²) in [6.07, 6.45) is 8.01.